The first-order chi connectivity index (χ1) is 9.33. The summed E-state index contributed by atoms with van der Waals surface area (Å²) in [5, 5.41) is 3.88. The molecule has 1 heterocycles. The fourth-order valence-electron chi connectivity index (χ4n) is 3.27. The van der Waals surface area contributed by atoms with E-state index in [0.717, 1.165) is 23.2 Å². The summed E-state index contributed by atoms with van der Waals surface area (Å²) in [6.07, 6.45) is 9.17. The van der Waals surface area contributed by atoms with Crippen molar-refractivity contribution in [2.75, 3.05) is 6.61 Å². The molecule has 2 aliphatic rings. The number of fused-ring (bicyclic) bond motifs is 1. The maximum atomic E-state index is 5.88. The van der Waals surface area contributed by atoms with Crippen molar-refractivity contribution >= 4 is 15.9 Å². The molecule has 0 radical (unpaired) electrons. The van der Waals surface area contributed by atoms with Crippen LogP contribution in [0, 0.1) is 0 Å². The molecular weight excluding hydrogens is 302 g/mol. The van der Waals surface area contributed by atoms with E-state index in [1.807, 2.05) is 0 Å². The summed E-state index contributed by atoms with van der Waals surface area (Å²) in [5.74, 6) is 1.06. The molecule has 0 bridgehead atoms. The molecule has 0 spiro atoms. The van der Waals surface area contributed by atoms with Gasteiger partial charge in [-0.05, 0) is 37.8 Å². The van der Waals surface area contributed by atoms with Gasteiger partial charge in [-0.15, -0.1) is 0 Å². The molecular formula is C16H22BrNO. The van der Waals surface area contributed by atoms with Crippen LogP contribution >= 0.6 is 15.9 Å². The summed E-state index contributed by atoms with van der Waals surface area (Å²) in [5.41, 5.74) is 1.34. The zero-order valence-electron chi connectivity index (χ0n) is 11.3. The molecule has 0 amide bonds. The van der Waals surface area contributed by atoms with Crippen molar-refractivity contribution in [3.05, 3.63) is 28.2 Å². The number of rotatable bonds is 2. The van der Waals surface area contributed by atoms with Gasteiger partial charge >= 0.3 is 0 Å². The van der Waals surface area contributed by atoms with Crippen molar-refractivity contribution in [1.82, 2.24) is 5.32 Å². The summed E-state index contributed by atoms with van der Waals surface area (Å²) in [4.78, 5) is 0. The molecule has 1 aromatic carbocycles. The third-order valence-electron chi connectivity index (χ3n) is 4.29. The zero-order valence-corrected chi connectivity index (χ0v) is 12.9. The van der Waals surface area contributed by atoms with Gasteiger partial charge in [-0.1, -0.05) is 41.3 Å². The second-order valence-corrected chi connectivity index (χ2v) is 6.64. The molecule has 1 aromatic rings. The molecule has 3 heteroatoms. The largest absolute Gasteiger partial charge is 0.493 e. The van der Waals surface area contributed by atoms with Gasteiger partial charge in [0, 0.05) is 22.1 Å². The Morgan fingerprint density at radius 2 is 1.89 bits per heavy atom. The summed E-state index contributed by atoms with van der Waals surface area (Å²) in [6, 6.07) is 7.62. The van der Waals surface area contributed by atoms with E-state index in [2.05, 4.69) is 39.4 Å². The Labute approximate surface area is 124 Å². The number of ether oxygens (including phenoxy) is 1. The number of hydrogen-bond acceptors (Lipinski definition) is 2. The molecule has 1 fully saturated rings. The van der Waals surface area contributed by atoms with Crippen LogP contribution in [0.5, 0.6) is 5.75 Å². The Bertz CT molecular complexity index is 429. The summed E-state index contributed by atoms with van der Waals surface area (Å²) >= 11 is 3.53. The van der Waals surface area contributed by atoms with Crippen molar-refractivity contribution in [2.45, 2.75) is 57.0 Å². The van der Waals surface area contributed by atoms with Gasteiger partial charge in [0.2, 0.25) is 0 Å². The van der Waals surface area contributed by atoms with E-state index in [4.69, 9.17) is 4.74 Å². The van der Waals surface area contributed by atoms with E-state index in [9.17, 15) is 0 Å². The average molecular weight is 324 g/mol. The van der Waals surface area contributed by atoms with Gasteiger partial charge in [-0.3, -0.25) is 0 Å². The van der Waals surface area contributed by atoms with Crippen LogP contribution in [-0.2, 0) is 0 Å². The molecule has 1 saturated carbocycles. The predicted molar refractivity (Wildman–Crippen MR) is 81.6 cm³/mol. The van der Waals surface area contributed by atoms with Crippen LogP contribution in [0.4, 0.5) is 0 Å². The van der Waals surface area contributed by atoms with Crippen molar-refractivity contribution in [3.8, 4) is 5.75 Å². The normalized spacial score (nSPS) is 24.4. The monoisotopic (exact) mass is 323 g/mol. The third kappa shape index (κ3) is 3.32. The molecule has 1 aliphatic heterocycles. The minimum atomic E-state index is 0.466. The second-order valence-electron chi connectivity index (χ2n) is 5.73. The molecule has 19 heavy (non-hydrogen) atoms. The van der Waals surface area contributed by atoms with E-state index in [-0.39, 0.29) is 0 Å². The average Bonchev–Trinajstić information content (AvgIpc) is 2.62. The van der Waals surface area contributed by atoms with E-state index < -0.39 is 0 Å². The predicted octanol–water partition coefficient (Wildman–Crippen LogP) is 4.59. The minimum Gasteiger partial charge on any atom is -0.493 e. The van der Waals surface area contributed by atoms with Gasteiger partial charge in [-0.2, -0.15) is 0 Å². The first-order valence-electron chi connectivity index (χ1n) is 7.51. The van der Waals surface area contributed by atoms with Gasteiger partial charge in [0.15, 0.2) is 0 Å². The lowest BCUT2D eigenvalue weighted by atomic mass is 9.93. The van der Waals surface area contributed by atoms with Crippen molar-refractivity contribution in [2.24, 2.45) is 0 Å². The van der Waals surface area contributed by atoms with E-state index in [1.165, 1.54) is 44.1 Å². The topological polar surface area (TPSA) is 21.3 Å². The lowest BCUT2D eigenvalue weighted by molar-refractivity contribution is 0.308. The van der Waals surface area contributed by atoms with Gasteiger partial charge < -0.3 is 10.1 Å². The summed E-state index contributed by atoms with van der Waals surface area (Å²) in [6.45, 7) is 0.840. The van der Waals surface area contributed by atoms with E-state index in [1.54, 1.807) is 0 Å². The van der Waals surface area contributed by atoms with Crippen LogP contribution in [0.1, 0.15) is 56.6 Å². The van der Waals surface area contributed by atoms with Crippen molar-refractivity contribution < 1.29 is 4.74 Å². The van der Waals surface area contributed by atoms with Crippen LogP contribution in [-0.4, -0.2) is 12.6 Å². The van der Waals surface area contributed by atoms with E-state index in [0.29, 0.717) is 12.1 Å². The molecule has 1 unspecified atom stereocenters. The van der Waals surface area contributed by atoms with Crippen LogP contribution < -0.4 is 10.1 Å². The highest BCUT2D eigenvalue weighted by Gasteiger charge is 2.23. The van der Waals surface area contributed by atoms with Gasteiger partial charge in [0.25, 0.3) is 0 Å². The first kappa shape index (κ1) is 13.4. The maximum Gasteiger partial charge on any atom is 0.125 e. The number of nitrogens with one attached hydrogen (secondary N) is 1. The summed E-state index contributed by atoms with van der Waals surface area (Å²) in [7, 11) is 0. The number of hydrogen-bond donors (Lipinski definition) is 1. The standard InChI is InChI=1S/C16H22BrNO/c17-12-8-9-14-15(7-4-10-19-16(14)11-12)18-13-5-2-1-3-6-13/h8-9,11,13,15,18H,1-7,10H2. The summed E-state index contributed by atoms with van der Waals surface area (Å²) < 4.78 is 6.98. The van der Waals surface area contributed by atoms with E-state index >= 15 is 0 Å². The molecule has 1 aliphatic carbocycles. The Morgan fingerprint density at radius 3 is 2.74 bits per heavy atom. The smallest absolute Gasteiger partial charge is 0.125 e. The van der Waals surface area contributed by atoms with Crippen molar-refractivity contribution in [3.63, 3.8) is 0 Å². The Balaban J connectivity index is 1.77. The minimum absolute atomic E-state index is 0.466. The highest BCUT2D eigenvalue weighted by molar-refractivity contribution is 9.10. The Hall–Kier alpha value is -0.540. The van der Waals surface area contributed by atoms with Crippen molar-refractivity contribution in [1.29, 1.82) is 0 Å². The molecule has 1 N–H and O–H groups in total. The van der Waals surface area contributed by atoms with Gasteiger partial charge in [0.05, 0.1) is 6.61 Å². The lowest BCUT2D eigenvalue weighted by Gasteiger charge is -2.28. The molecule has 104 valence electrons. The third-order valence-corrected chi connectivity index (χ3v) is 4.78. The zero-order chi connectivity index (χ0) is 13.1. The maximum absolute atomic E-state index is 5.88. The fraction of sp³-hybridized carbons (Fsp3) is 0.625. The Kier molecular flexibility index (Phi) is 4.44. The molecule has 3 rings (SSSR count). The fourth-order valence-corrected chi connectivity index (χ4v) is 3.61. The van der Waals surface area contributed by atoms with Crippen LogP contribution in [0.15, 0.2) is 22.7 Å². The van der Waals surface area contributed by atoms with Crippen LogP contribution in [0.25, 0.3) is 0 Å². The Morgan fingerprint density at radius 1 is 1.05 bits per heavy atom. The van der Waals surface area contributed by atoms with Crippen LogP contribution in [0.2, 0.25) is 0 Å². The van der Waals surface area contributed by atoms with Crippen LogP contribution in [0.3, 0.4) is 0 Å². The quantitative estimate of drug-likeness (QED) is 0.859. The lowest BCUT2D eigenvalue weighted by Crippen LogP contribution is -2.34. The molecule has 0 aromatic heterocycles. The van der Waals surface area contributed by atoms with Gasteiger partial charge in [0.1, 0.15) is 5.75 Å². The highest BCUT2D eigenvalue weighted by atomic mass is 79.9. The first-order valence-corrected chi connectivity index (χ1v) is 8.30. The molecule has 0 saturated heterocycles. The number of benzene rings is 1. The highest BCUT2D eigenvalue weighted by Crippen LogP contribution is 2.34. The van der Waals surface area contributed by atoms with Gasteiger partial charge in [-0.25, -0.2) is 0 Å². The SMILES string of the molecule is Brc1ccc2c(c1)OCCCC2NC1CCCCC1. The molecule has 1 atom stereocenters. The number of halogens is 1. The molecule has 2 nitrogen and oxygen atoms in total. The second kappa shape index (κ2) is 6.27.